The molecule has 29 heavy (non-hydrogen) atoms. The van der Waals surface area contributed by atoms with Gasteiger partial charge in [0.2, 0.25) is 10.0 Å². The van der Waals surface area contributed by atoms with Crippen molar-refractivity contribution in [3.05, 3.63) is 59.2 Å². The zero-order valence-electron chi connectivity index (χ0n) is 16.9. The lowest BCUT2D eigenvalue weighted by atomic mass is 9.87. The molecule has 2 aromatic rings. The predicted octanol–water partition coefficient (Wildman–Crippen LogP) is 3.71. The summed E-state index contributed by atoms with van der Waals surface area (Å²) in [5.41, 5.74) is 3.18. The summed E-state index contributed by atoms with van der Waals surface area (Å²) in [4.78, 5) is 11.9. The Labute approximate surface area is 176 Å². The number of amides is 2. The van der Waals surface area contributed by atoms with Crippen LogP contribution in [0.15, 0.2) is 42.5 Å². The first-order valence-corrected chi connectivity index (χ1v) is 11.9. The Kier molecular flexibility index (Phi) is 7.43. The summed E-state index contributed by atoms with van der Waals surface area (Å²) in [7, 11) is -3.41. The standard InChI is InChI=1S/C20H27N3O4S2/c1-20(2,3)16-8-5-14(6-9-16)12-21-19(25)22-28-13-15-7-10-17(11-18(15)24)23-29(4,26)27/h5-11,23-24H,12-13H2,1-4H3,(H2,21,22,25). The molecular formula is C20H27N3O4S2. The van der Waals surface area contributed by atoms with E-state index in [1.165, 1.54) is 11.6 Å². The molecule has 158 valence electrons. The van der Waals surface area contributed by atoms with Crippen molar-refractivity contribution in [3.8, 4) is 5.75 Å². The van der Waals surface area contributed by atoms with Gasteiger partial charge in [0, 0.05) is 23.9 Å². The van der Waals surface area contributed by atoms with E-state index in [9.17, 15) is 18.3 Å². The van der Waals surface area contributed by atoms with E-state index in [0.717, 1.165) is 23.8 Å². The molecule has 0 radical (unpaired) electrons. The highest BCUT2D eigenvalue weighted by Gasteiger charge is 2.13. The Balaban J connectivity index is 1.78. The monoisotopic (exact) mass is 437 g/mol. The molecule has 0 saturated heterocycles. The van der Waals surface area contributed by atoms with E-state index in [-0.39, 0.29) is 22.9 Å². The van der Waals surface area contributed by atoms with Crippen LogP contribution in [-0.4, -0.2) is 25.8 Å². The van der Waals surface area contributed by atoms with Gasteiger partial charge in [0.1, 0.15) is 5.75 Å². The number of carbonyl (C=O) groups excluding carboxylic acids is 1. The quantitative estimate of drug-likeness (QED) is 0.494. The van der Waals surface area contributed by atoms with E-state index >= 15 is 0 Å². The number of aromatic hydroxyl groups is 1. The third-order valence-electron chi connectivity index (χ3n) is 4.05. The average molecular weight is 438 g/mol. The van der Waals surface area contributed by atoms with E-state index in [4.69, 9.17) is 0 Å². The van der Waals surface area contributed by atoms with E-state index in [1.54, 1.807) is 12.1 Å². The van der Waals surface area contributed by atoms with Crippen LogP contribution in [0.3, 0.4) is 0 Å². The van der Waals surface area contributed by atoms with Crippen LogP contribution < -0.4 is 14.8 Å². The Hall–Kier alpha value is -2.39. The number of benzene rings is 2. The van der Waals surface area contributed by atoms with Crippen molar-refractivity contribution < 1.29 is 18.3 Å². The first-order chi connectivity index (χ1) is 13.4. The largest absolute Gasteiger partial charge is 0.508 e. The van der Waals surface area contributed by atoms with Crippen LogP contribution in [0.4, 0.5) is 10.5 Å². The lowest BCUT2D eigenvalue weighted by molar-refractivity contribution is 0.246. The van der Waals surface area contributed by atoms with Gasteiger partial charge in [0.05, 0.1) is 11.9 Å². The molecule has 0 fully saturated rings. The lowest BCUT2D eigenvalue weighted by Gasteiger charge is -2.19. The van der Waals surface area contributed by atoms with Crippen LogP contribution in [-0.2, 0) is 27.7 Å². The summed E-state index contributed by atoms with van der Waals surface area (Å²) >= 11 is 1.13. The Bertz CT molecular complexity index is 953. The molecule has 0 unspecified atom stereocenters. The summed E-state index contributed by atoms with van der Waals surface area (Å²) in [6, 6.07) is 12.3. The number of urea groups is 1. The molecule has 0 heterocycles. The van der Waals surface area contributed by atoms with Crippen molar-refractivity contribution in [1.29, 1.82) is 0 Å². The zero-order chi connectivity index (χ0) is 21.7. The average Bonchev–Trinajstić information content (AvgIpc) is 2.60. The van der Waals surface area contributed by atoms with E-state index in [1.807, 2.05) is 12.1 Å². The van der Waals surface area contributed by atoms with Gasteiger partial charge in [-0.1, -0.05) is 51.1 Å². The van der Waals surface area contributed by atoms with E-state index in [0.29, 0.717) is 17.9 Å². The van der Waals surface area contributed by atoms with Gasteiger partial charge in [-0.2, -0.15) is 0 Å². The minimum absolute atomic E-state index is 0.0488. The van der Waals surface area contributed by atoms with Crippen molar-refractivity contribution in [3.63, 3.8) is 0 Å². The number of sulfonamides is 1. The topological polar surface area (TPSA) is 108 Å². The van der Waals surface area contributed by atoms with Crippen LogP contribution in [0, 0.1) is 0 Å². The highest BCUT2D eigenvalue weighted by Crippen LogP contribution is 2.25. The van der Waals surface area contributed by atoms with Gasteiger partial charge >= 0.3 is 6.03 Å². The molecular weight excluding hydrogens is 410 g/mol. The van der Waals surface area contributed by atoms with Crippen molar-refractivity contribution in [2.24, 2.45) is 0 Å². The summed E-state index contributed by atoms with van der Waals surface area (Å²) in [6.45, 7) is 6.86. The molecule has 0 aliphatic heterocycles. The Morgan fingerprint density at radius 1 is 1.10 bits per heavy atom. The first kappa shape index (κ1) is 22.9. The molecule has 0 aliphatic carbocycles. The fraction of sp³-hybridized carbons (Fsp3) is 0.350. The Morgan fingerprint density at radius 3 is 2.31 bits per heavy atom. The number of hydrogen-bond donors (Lipinski definition) is 4. The first-order valence-electron chi connectivity index (χ1n) is 8.99. The minimum Gasteiger partial charge on any atom is -0.508 e. The van der Waals surface area contributed by atoms with Crippen LogP contribution in [0.2, 0.25) is 0 Å². The van der Waals surface area contributed by atoms with Crippen LogP contribution in [0.5, 0.6) is 5.75 Å². The molecule has 0 aliphatic rings. The van der Waals surface area contributed by atoms with Gasteiger partial charge in [-0.25, -0.2) is 13.2 Å². The van der Waals surface area contributed by atoms with Gasteiger partial charge in [0.15, 0.2) is 0 Å². The zero-order valence-corrected chi connectivity index (χ0v) is 18.6. The van der Waals surface area contributed by atoms with Gasteiger partial charge in [-0.05, 0) is 34.6 Å². The fourth-order valence-corrected chi connectivity index (χ4v) is 3.71. The molecule has 2 amide bonds. The molecule has 0 aromatic heterocycles. The Morgan fingerprint density at radius 2 is 1.76 bits per heavy atom. The number of phenolic OH excluding ortho intramolecular Hbond substituents is 1. The van der Waals surface area contributed by atoms with Gasteiger partial charge in [0.25, 0.3) is 0 Å². The summed E-state index contributed by atoms with van der Waals surface area (Å²) in [5.74, 6) is 0.283. The molecule has 4 N–H and O–H groups in total. The third kappa shape index (κ3) is 7.86. The van der Waals surface area contributed by atoms with Crippen LogP contribution >= 0.6 is 11.9 Å². The summed E-state index contributed by atoms with van der Waals surface area (Å²) < 4.78 is 27.4. The molecule has 7 nitrogen and oxygen atoms in total. The van der Waals surface area contributed by atoms with Gasteiger partial charge in [-0.15, -0.1) is 0 Å². The van der Waals surface area contributed by atoms with Crippen LogP contribution in [0.25, 0.3) is 0 Å². The molecule has 2 rings (SSSR count). The number of carbonyl (C=O) groups is 1. The van der Waals surface area contributed by atoms with Crippen molar-refractivity contribution in [2.75, 3.05) is 11.0 Å². The predicted molar refractivity (Wildman–Crippen MR) is 118 cm³/mol. The lowest BCUT2D eigenvalue weighted by Crippen LogP contribution is -2.30. The number of nitrogens with one attached hydrogen (secondary N) is 3. The second-order valence-electron chi connectivity index (χ2n) is 7.74. The highest BCUT2D eigenvalue weighted by atomic mass is 32.2. The summed E-state index contributed by atoms with van der Waals surface area (Å²) in [5, 5.41) is 12.8. The second-order valence-corrected chi connectivity index (χ2v) is 10.3. The summed E-state index contributed by atoms with van der Waals surface area (Å²) in [6.07, 6.45) is 1.04. The SMILES string of the molecule is CC(C)(C)c1ccc(CNC(=O)NSCc2ccc(NS(C)(=O)=O)cc2O)cc1. The maximum Gasteiger partial charge on any atom is 0.325 e. The fourth-order valence-electron chi connectivity index (χ4n) is 2.48. The molecule has 2 aromatic carbocycles. The molecule has 9 heteroatoms. The van der Waals surface area contributed by atoms with Crippen molar-refractivity contribution in [1.82, 2.24) is 10.0 Å². The molecule has 0 atom stereocenters. The molecule has 0 saturated carbocycles. The molecule has 0 spiro atoms. The second kappa shape index (κ2) is 9.41. The third-order valence-corrected chi connectivity index (χ3v) is 5.45. The number of anilines is 1. The highest BCUT2D eigenvalue weighted by molar-refractivity contribution is 7.97. The van der Waals surface area contributed by atoms with Gasteiger partial charge < -0.3 is 10.4 Å². The maximum atomic E-state index is 11.9. The number of hydrogen-bond acceptors (Lipinski definition) is 5. The van der Waals surface area contributed by atoms with Gasteiger partial charge in [-0.3, -0.25) is 9.44 Å². The smallest absolute Gasteiger partial charge is 0.325 e. The van der Waals surface area contributed by atoms with Crippen molar-refractivity contribution in [2.45, 2.75) is 38.5 Å². The van der Waals surface area contributed by atoms with E-state index in [2.05, 4.69) is 47.7 Å². The normalized spacial score (nSPS) is 11.7. The van der Waals surface area contributed by atoms with Crippen molar-refractivity contribution >= 4 is 33.7 Å². The number of phenols is 1. The van der Waals surface area contributed by atoms with Crippen LogP contribution in [0.1, 0.15) is 37.5 Å². The molecule has 0 bridgehead atoms. The van der Waals surface area contributed by atoms with E-state index < -0.39 is 10.0 Å². The number of rotatable bonds is 7. The minimum atomic E-state index is -3.41. The maximum absolute atomic E-state index is 11.9.